The summed E-state index contributed by atoms with van der Waals surface area (Å²) in [6.45, 7) is 9.04. The number of nitrogens with zero attached hydrogens (tertiary/aromatic N) is 1. The van der Waals surface area contributed by atoms with E-state index in [0.717, 1.165) is 0 Å². The molecule has 1 heterocycles. The number of hydrogen-bond acceptors (Lipinski definition) is 6. The minimum absolute atomic E-state index is 0.0681. The zero-order chi connectivity index (χ0) is 15.6. The Kier molecular flexibility index (Phi) is 5.15. The van der Waals surface area contributed by atoms with Gasteiger partial charge < -0.3 is 14.7 Å². The van der Waals surface area contributed by atoms with Crippen molar-refractivity contribution >= 4 is 11.9 Å². The lowest BCUT2D eigenvalue weighted by molar-refractivity contribution is -0.252. The third kappa shape index (κ3) is 4.18. The van der Waals surface area contributed by atoms with E-state index in [4.69, 9.17) is 9.47 Å². The molecular formula is C14H25NO5. The van der Waals surface area contributed by atoms with Gasteiger partial charge in [-0.1, -0.05) is 0 Å². The average molecular weight is 287 g/mol. The number of hydroxylamine groups is 2. The van der Waals surface area contributed by atoms with Gasteiger partial charge in [0.15, 0.2) is 0 Å². The summed E-state index contributed by atoms with van der Waals surface area (Å²) < 4.78 is 9.85. The predicted octanol–water partition coefficient (Wildman–Crippen LogP) is 1.75. The number of esters is 2. The first-order valence-corrected chi connectivity index (χ1v) is 6.85. The highest BCUT2D eigenvalue weighted by atomic mass is 16.6. The molecule has 0 aromatic heterocycles. The number of ether oxygens (including phenoxy) is 2. The van der Waals surface area contributed by atoms with Crippen LogP contribution < -0.4 is 0 Å². The van der Waals surface area contributed by atoms with E-state index in [9.17, 15) is 14.8 Å². The van der Waals surface area contributed by atoms with Crippen LogP contribution in [0, 0.1) is 5.92 Å². The second-order valence-corrected chi connectivity index (χ2v) is 6.55. The molecule has 20 heavy (non-hydrogen) atoms. The average Bonchev–Trinajstić information content (AvgIpc) is 2.30. The summed E-state index contributed by atoms with van der Waals surface area (Å²) in [4.78, 5) is 22.7. The molecule has 1 aliphatic heterocycles. The SMILES string of the molecule is CC(=O)OCCOC(=O)C1CC(C)(C)N(O)C(C)(C)C1. The highest BCUT2D eigenvalue weighted by molar-refractivity contribution is 5.73. The predicted molar refractivity (Wildman–Crippen MR) is 72.1 cm³/mol. The molecule has 0 aromatic rings. The van der Waals surface area contributed by atoms with E-state index in [1.807, 2.05) is 27.7 Å². The van der Waals surface area contributed by atoms with Gasteiger partial charge in [-0.05, 0) is 40.5 Å². The van der Waals surface area contributed by atoms with Crippen LogP contribution in [0.1, 0.15) is 47.5 Å². The smallest absolute Gasteiger partial charge is 0.309 e. The van der Waals surface area contributed by atoms with Gasteiger partial charge in [-0.2, -0.15) is 5.06 Å². The van der Waals surface area contributed by atoms with Crippen LogP contribution in [0.15, 0.2) is 0 Å². The van der Waals surface area contributed by atoms with Crippen molar-refractivity contribution in [3.05, 3.63) is 0 Å². The van der Waals surface area contributed by atoms with Crippen molar-refractivity contribution in [3.63, 3.8) is 0 Å². The lowest BCUT2D eigenvalue weighted by Crippen LogP contribution is -2.60. The Balaban J connectivity index is 2.54. The molecular weight excluding hydrogens is 262 g/mol. The van der Waals surface area contributed by atoms with Gasteiger partial charge >= 0.3 is 11.9 Å². The summed E-state index contributed by atoms with van der Waals surface area (Å²) in [5.74, 6) is -0.955. The molecule has 0 aliphatic carbocycles. The molecule has 1 saturated heterocycles. The van der Waals surface area contributed by atoms with Crippen molar-refractivity contribution in [1.29, 1.82) is 0 Å². The van der Waals surface area contributed by atoms with Crippen LogP contribution in [0.2, 0.25) is 0 Å². The van der Waals surface area contributed by atoms with E-state index in [1.165, 1.54) is 12.0 Å². The van der Waals surface area contributed by atoms with E-state index in [-0.39, 0.29) is 25.1 Å². The molecule has 0 unspecified atom stereocenters. The summed E-state index contributed by atoms with van der Waals surface area (Å²) in [5, 5.41) is 11.5. The topological polar surface area (TPSA) is 76.1 Å². The first-order valence-electron chi connectivity index (χ1n) is 6.85. The van der Waals surface area contributed by atoms with Gasteiger partial charge in [0.25, 0.3) is 0 Å². The lowest BCUT2D eigenvalue weighted by Gasteiger charge is -2.50. The summed E-state index contributed by atoms with van der Waals surface area (Å²) in [5.41, 5.74) is -0.970. The molecule has 6 heteroatoms. The van der Waals surface area contributed by atoms with Crippen molar-refractivity contribution < 1.29 is 24.3 Å². The summed E-state index contributed by atoms with van der Waals surface area (Å²) in [7, 11) is 0. The second-order valence-electron chi connectivity index (χ2n) is 6.55. The largest absolute Gasteiger partial charge is 0.462 e. The second kappa shape index (κ2) is 6.10. The Morgan fingerprint density at radius 3 is 2.00 bits per heavy atom. The third-order valence-corrected chi connectivity index (χ3v) is 3.60. The molecule has 0 spiro atoms. The molecule has 1 fully saturated rings. The van der Waals surface area contributed by atoms with Crippen molar-refractivity contribution in [2.45, 2.75) is 58.5 Å². The van der Waals surface area contributed by atoms with Gasteiger partial charge in [0.05, 0.1) is 5.92 Å². The standard InChI is InChI=1S/C14H25NO5/c1-10(16)19-6-7-20-12(17)11-8-13(2,3)15(18)14(4,5)9-11/h11,18H,6-9H2,1-5H3. The minimum Gasteiger partial charge on any atom is -0.462 e. The molecule has 0 aromatic carbocycles. The van der Waals surface area contributed by atoms with Gasteiger partial charge in [0.2, 0.25) is 0 Å². The number of rotatable bonds is 4. The fraction of sp³-hybridized carbons (Fsp3) is 0.857. The number of carbonyl (C=O) groups is 2. The van der Waals surface area contributed by atoms with Crippen LogP contribution >= 0.6 is 0 Å². The third-order valence-electron chi connectivity index (χ3n) is 3.60. The van der Waals surface area contributed by atoms with Crippen LogP contribution in [0.25, 0.3) is 0 Å². The molecule has 0 saturated carbocycles. The van der Waals surface area contributed by atoms with Crippen molar-refractivity contribution in [2.75, 3.05) is 13.2 Å². The van der Waals surface area contributed by atoms with Crippen LogP contribution in [0.5, 0.6) is 0 Å². The molecule has 0 radical (unpaired) electrons. The first kappa shape index (κ1) is 16.9. The van der Waals surface area contributed by atoms with Gasteiger partial charge in [-0.3, -0.25) is 9.59 Å². The molecule has 1 rings (SSSR count). The fourth-order valence-electron chi connectivity index (χ4n) is 2.88. The highest BCUT2D eigenvalue weighted by Crippen LogP contribution is 2.40. The van der Waals surface area contributed by atoms with Gasteiger partial charge in [0, 0.05) is 18.0 Å². The van der Waals surface area contributed by atoms with Crippen LogP contribution in [0.3, 0.4) is 0 Å². The minimum atomic E-state index is -0.485. The maximum atomic E-state index is 12.1. The Labute approximate surface area is 120 Å². The van der Waals surface area contributed by atoms with Gasteiger partial charge in [0.1, 0.15) is 13.2 Å². The Bertz CT molecular complexity index is 360. The normalized spacial score (nSPS) is 22.3. The zero-order valence-electron chi connectivity index (χ0n) is 12.9. The molecule has 0 bridgehead atoms. The molecule has 1 N–H and O–H groups in total. The van der Waals surface area contributed by atoms with Crippen molar-refractivity contribution in [1.82, 2.24) is 5.06 Å². The Hall–Kier alpha value is -1.14. The Morgan fingerprint density at radius 2 is 1.55 bits per heavy atom. The van der Waals surface area contributed by atoms with Crippen molar-refractivity contribution in [2.24, 2.45) is 5.92 Å². The number of hydrogen-bond donors (Lipinski definition) is 1. The fourth-order valence-corrected chi connectivity index (χ4v) is 2.88. The summed E-state index contributed by atoms with van der Waals surface area (Å²) in [6.07, 6.45) is 1.05. The summed E-state index contributed by atoms with van der Waals surface area (Å²) in [6, 6.07) is 0. The molecule has 116 valence electrons. The number of piperidine rings is 1. The van der Waals surface area contributed by atoms with Gasteiger partial charge in [-0.25, -0.2) is 0 Å². The van der Waals surface area contributed by atoms with Gasteiger partial charge in [-0.15, -0.1) is 0 Å². The molecule has 6 nitrogen and oxygen atoms in total. The lowest BCUT2D eigenvalue weighted by atomic mass is 9.75. The van der Waals surface area contributed by atoms with Crippen LogP contribution in [-0.2, 0) is 19.1 Å². The molecule has 0 amide bonds. The van der Waals surface area contributed by atoms with Crippen LogP contribution in [-0.4, -0.2) is 46.5 Å². The maximum absolute atomic E-state index is 12.1. The maximum Gasteiger partial charge on any atom is 0.309 e. The first-order chi connectivity index (χ1) is 9.06. The zero-order valence-corrected chi connectivity index (χ0v) is 12.9. The Morgan fingerprint density at radius 1 is 1.10 bits per heavy atom. The van der Waals surface area contributed by atoms with E-state index in [1.54, 1.807) is 0 Å². The quantitative estimate of drug-likeness (QED) is 0.627. The number of carbonyl (C=O) groups excluding carboxylic acids is 2. The van der Waals surface area contributed by atoms with Crippen LogP contribution in [0.4, 0.5) is 0 Å². The van der Waals surface area contributed by atoms with E-state index in [2.05, 4.69) is 0 Å². The van der Waals surface area contributed by atoms with E-state index >= 15 is 0 Å². The van der Waals surface area contributed by atoms with Crippen molar-refractivity contribution in [3.8, 4) is 0 Å². The van der Waals surface area contributed by atoms with E-state index < -0.39 is 17.0 Å². The monoisotopic (exact) mass is 287 g/mol. The van der Waals surface area contributed by atoms with E-state index in [0.29, 0.717) is 12.8 Å². The molecule has 1 aliphatic rings. The highest BCUT2D eigenvalue weighted by Gasteiger charge is 2.47. The summed E-state index contributed by atoms with van der Waals surface area (Å²) >= 11 is 0. The molecule has 0 atom stereocenters.